The minimum Gasteiger partial charge on any atom is -0.389 e. The summed E-state index contributed by atoms with van der Waals surface area (Å²) in [4.78, 5) is 27.5. The van der Waals surface area contributed by atoms with Crippen molar-refractivity contribution in [3.63, 3.8) is 0 Å². The van der Waals surface area contributed by atoms with Gasteiger partial charge in [-0.05, 0) is 43.2 Å². The number of thiophene rings is 1. The summed E-state index contributed by atoms with van der Waals surface area (Å²) in [5.41, 5.74) is 4.72. The van der Waals surface area contributed by atoms with E-state index in [-0.39, 0.29) is 29.4 Å². The van der Waals surface area contributed by atoms with Crippen LogP contribution in [0.25, 0.3) is 11.2 Å². The number of rotatable bonds is 2. The number of carbonyl (C=O) groups excluding carboxylic acids is 1. The van der Waals surface area contributed by atoms with Crippen LogP contribution in [0.2, 0.25) is 0 Å². The summed E-state index contributed by atoms with van der Waals surface area (Å²) in [7, 11) is 1.55. The molecule has 0 radical (unpaired) electrons. The molecule has 2 unspecified atom stereocenters. The topological polar surface area (TPSA) is 139 Å². The van der Waals surface area contributed by atoms with E-state index in [1.54, 1.807) is 29.3 Å². The first-order valence-corrected chi connectivity index (χ1v) is 10.8. The predicted octanol–water partition coefficient (Wildman–Crippen LogP) is 0.207. The standard InChI is InChI=1S/C21H20N6O3S/c1-9-3-4-10(31-9)5-6-12-25-16(22)14-17(26-12)27(8-24-14)15-13-11-7-20(11,19(29)23-2)18(28)21(13,15)30/h3-4,8,11,13,15,18,28,30H,7H2,1-2H3,(H,23,29)(H2,22,25,26)/t11?,13-,15+,18+,20?,21+/m0/s1. The molecule has 3 aromatic rings. The van der Waals surface area contributed by atoms with E-state index in [2.05, 4.69) is 32.1 Å². The van der Waals surface area contributed by atoms with E-state index in [1.165, 1.54) is 4.88 Å². The van der Waals surface area contributed by atoms with Crippen LogP contribution in [0, 0.1) is 36.0 Å². The summed E-state index contributed by atoms with van der Waals surface area (Å²) in [5, 5.41) is 24.8. The normalized spacial score (nSPS) is 34.6. The van der Waals surface area contributed by atoms with E-state index in [9.17, 15) is 15.0 Å². The molecule has 3 fully saturated rings. The van der Waals surface area contributed by atoms with E-state index in [0.717, 1.165) is 4.88 Å². The van der Waals surface area contributed by atoms with Crippen molar-refractivity contribution in [2.45, 2.75) is 31.1 Å². The number of nitrogens with zero attached hydrogens (tertiary/aromatic N) is 4. The summed E-state index contributed by atoms with van der Waals surface area (Å²) in [5.74, 6) is 5.94. The summed E-state index contributed by atoms with van der Waals surface area (Å²) < 4.78 is 1.74. The molecule has 10 heteroatoms. The van der Waals surface area contributed by atoms with Gasteiger partial charge in [0.15, 0.2) is 11.5 Å². The molecule has 3 heterocycles. The van der Waals surface area contributed by atoms with Gasteiger partial charge in [-0.1, -0.05) is 0 Å². The number of aryl methyl sites for hydroxylation is 1. The first kappa shape index (κ1) is 18.7. The zero-order chi connectivity index (χ0) is 21.7. The van der Waals surface area contributed by atoms with Crippen molar-refractivity contribution in [1.29, 1.82) is 0 Å². The van der Waals surface area contributed by atoms with Crippen LogP contribution in [-0.4, -0.2) is 54.4 Å². The number of fused-ring (bicyclic) bond motifs is 4. The Morgan fingerprint density at radius 3 is 2.84 bits per heavy atom. The third-order valence-corrected chi connectivity index (χ3v) is 8.01. The number of nitrogen functional groups attached to an aromatic ring is 1. The number of hydrogen-bond donors (Lipinski definition) is 4. The number of aliphatic hydroxyl groups excluding tert-OH is 1. The Kier molecular flexibility index (Phi) is 3.52. The van der Waals surface area contributed by atoms with Crippen LogP contribution < -0.4 is 11.1 Å². The van der Waals surface area contributed by atoms with Crippen LogP contribution in [0.5, 0.6) is 0 Å². The molecule has 0 spiro atoms. The molecule has 5 N–H and O–H groups in total. The lowest BCUT2D eigenvalue weighted by Crippen LogP contribution is -2.45. The fraction of sp³-hybridized carbons (Fsp3) is 0.429. The predicted molar refractivity (Wildman–Crippen MR) is 113 cm³/mol. The molecule has 3 saturated carbocycles. The van der Waals surface area contributed by atoms with Crippen molar-refractivity contribution in [3.05, 3.63) is 34.0 Å². The van der Waals surface area contributed by atoms with Crippen LogP contribution in [0.3, 0.4) is 0 Å². The second-order valence-electron chi connectivity index (χ2n) is 8.61. The number of amides is 1. The number of nitrogens with two attached hydrogens (primary N) is 1. The van der Waals surface area contributed by atoms with Crippen LogP contribution >= 0.6 is 11.3 Å². The zero-order valence-electron chi connectivity index (χ0n) is 16.8. The Bertz CT molecular complexity index is 1340. The molecule has 31 heavy (non-hydrogen) atoms. The fourth-order valence-electron chi connectivity index (χ4n) is 5.60. The van der Waals surface area contributed by atoms with Gasteiger partial charge in [0.1, 0.15) is 11.1 Å². The van der Waals surface area contributed by atoms with Crippen molar-refractivity contribution < 1.29 is 15.0 Å². The molecule has 6 rings (SSSR count). The molecule has 0 bridgehead atoms. The Hall–Kier alpha value is -3.00. The van der Waals surface area contributed by atoms with Gasteiger partial charge in [0, 0.05) is 17.8 Å². The second-order valence-corrected chi connectivity index (χ2v) is 9.90. The van der Waals surface area contributed by atoms with E-state index in [0.29, 0.717) is 17.6 Å². The number of nitrogens with one attached hydrogen (secondary N) is 1. The monoisotopic (exact) mass is 436 g/mol. The van der Waals surface area contributed by atoms with E-state index in [1.807, 2.05) is 19.1 Å². The van der Waals surface area contributed by atoms with Gasteiger partial charge in [-0.3, -0.25) is 4.79 Å². The smallest absolute Gasteiger partial charge is 0.229 e. The summed E-state index contributed by atoms with van der Waals surface area (Å²) in [6, 6.07) is 3.51. The summed E-state index contributed by atoms with van der Waals surface area (Å²) in [6.45, 7) is 2.01. The van der Waals surface area contributed by atoms with Gasteiger partial charge in [-0.15, -0.1) is 11.3 Å². The molecular formula is C21H20N6O3S. The lowest BCUT2D eigenvalue weighted by atomic mass is 9.93. The minimum absolute atomic E-state index is 0.0737. The Morgan fingerprint density at radius 1 is 1.39 bits per heavy atom. The van der Waals surface area contributed by atoms with Crippen LogP contribution in [0.1, 0.15) is 28.0 Å². The molecule has 1 amide bonds. The summed E-state index contributed by atoms with van der Waals surface area (Å²) >= 11 is 1.58. The van der Waals surface area contributed by atoms with Gasteiger partial charge in [-0.25, -0.2) is 15.0 Å². The average Bonchev–Trinajstić information content (AvgIpc) is 3.44. The summed E-state index contributed by atoms with van der Waals surface area (Å²) in [6.07, 6.45) is 0.989. The van der Waals surface area contributed by atoms with Gasteiger partial charge >= 0.3 is 0 Å². The first-order valence-electron chi connectivity index (χ1n) is 10.0. The first-order chi connectivity index (χ1) is 14.8. The quantitative estimate of drug-likeness (QED) is 0.421. The van der Waals surface area contributed by atoms with Gasteiger partial charge in [-0.2, -0.15) is 0 Å². The van der Waals surface area contributed by atoms with Gasteiger partial charge in [0.2, 0.25) is 11.7 Å². The second kappa shape index (κ2) is 5.82. The van der Waals surface area contributed by atoms with Crippen molar-refractivity contribution >= 4 is 34.2 Å². The highest BCUT2D eigenvalue weighted by molar-refractivity contribution is 7.12. The van der Waals surface area contributed by atoms with Crippen LogP contribution in [-0.2, 0) is 4.79 Å². The Balaban J connectivity index is 1.38. The van der Waals surface area contributed by atoms with Crippen LogP contribution in [0.15, 0.2) is 18.5 Å². The lowest BCUT2D eigenvalue weighted by Gasteiger charge is -2.25. The maximum atomic E-state index is 12.3. The minimum atomic E-state index is -1.39. The number of imidazole rings is 1. The number of aliphatic hydroxyl groups is 2. The SMILES string of the molecule is CNC(=O)C12CC1[C@H]1[C@@H](n3cnc4c(N)nc(C#Cc5ccc(C)s5)nc43)[C@@]1(O)[C@@H]2O. The highest BCUT2D eigenvalue weighted by Crippen LogP contribution is 2.82. The fourth-order valence-corrected chi connectivity index (χ4v) is 6.32. The zero-order valence-corrected chi connectivity index (χ0v) is 17.6. The highest BCUT2D eigenvalue weighted by atomic mass is 32.1. The van der Waals surface area contributed by atoms with Gasteiger partial charge in [0.05, 0.1) is 28.8 Å². The number of carbonyl (C=O) groups is 1. The molecule has 3 aliphatic carbocycles. The van der Waals surface area contributed by atoms with Crippen molar-refractivity contribution in [2.75, 3.05) is 12.8 Å². The highest BCUT2D eigenvalue weighted by Gasteiger charge is 2.91. The largest absolute Gasteiger partial charge is 0.389 e. The Morgan fingerprint density at radius 2 is 2.19 bits per heavy atom. The number of aromatic nitrogens is 4. The Labute approximate surface area is 181 Å². The molecule has 0 aromatic carbocycles. The molecule has 158 valence electrons. The van der Waals surface area contributed by atoms with Gasteiger partial charge in [0.25, 0.3) is 0 Å². The molecule has 3 aromatic heterocycles. The van der Waals surface area contributed by atoms with E-state index in [4.69, 9.17) is 5.73 Å². The number of hydrogen-bond acceptors (Lipinski definition) is 8. The molecule has 9 nitrogen and oxygen atoms in total. The molecular weight excluding hydrogens is 416 g/mol. The van der Waals surface area contributed by atoms with E-state index < -0.39 is 23.2 Å². The van der Waals surface area contributed by atoms with Gasteiger partial charge < -0.3 is 25.8 Å². The van der Waals surface area contributed by atoms with Crippen molar-refractivity contribution in [2.24, 2.45) is 17.3 Å². The van der Waals surface area contributed by atoms with Crippen molar-refractivity contribution in [1.82, 2.24) is 24.8 Å². The number of anilines is 1. The molecule has 0 aliphatic heterocycles. The third-order valence-electron chi connectivity index (χ3n) is 7.09. The van der Waals surface area contributed by atoms with Crippen LogP contribution in [0.4, 0.5) is 5.82 Å². The average molecular weight is 436 g/mol. The van der Waals surface area contributed by atoms with E-state index >= 15 is 0 Å². The third kappa shape index (κ3) is 2.23. The van der Waals surface area contributed by atoms with Crippen molar-refractivity contribution in [3.8, 4) is 11.8 Å². The lowest BCUT2D eigenvalue weighted by molar-refractivity contribution is -0.134. The molecule has 3 aliphatic rings. The maximum Gasteiger partial charge on any atom is 0.229 e. The molecule has 0 saturated heterocycles. The molecule has 6 atom stereocenters. The maximum absolute atomic E-state index is 12.3.